The second-order valence-electron chi connectivity index (χ2n) is 4.46. The van der Waals surface area contributed by atoms with Crippen LogP contribution in [0, 0.1) is 6.92 Å². The van der Waals surface area contributed by atoms with Crippen LogP contribution in [-0.2, 0) is 11.3 Å². The minimum atomic E-state index is -0.276. The van der Waals surface area contributed by atoms with Crippen LogP contribution in [0.5, 0.6) is 0 Å². The molecular formula is C14H14BrN3O2. The first-order chi connectivity index (χ1) is 9.45. The summed E-state index contributed by atoms with van der Waals surface area (Å²) in [5.74, 6) is -0.276. The number of aromatic nitrogens is 1. The first kappa shape index (κ1) is 14.3. The minimum absolute atomic E-state index is 0.0318. The number of rotatable bonds is 3. The van der Waals surface area contributed by atoms with Crippen molar-refractivity contribution in [3.05, 3.63) is 56.9 Å². The number of carbonyl (C=O) groups excluding carboxylic acids is 1. The Balaban J connectivity index is 2.11. The molecule has 0 saturated carbocycles. The number of carbonyl (C=O) groups is 1. The lowest BCUT2D eigenvalue weighted by molar-refractivity contribution is -0.116. The average Bonchev–Trinajstić information content (AvgIpc) is 2.36. The summed E-state index contributed by atoms with van der Waals surface area (Å²) >= 11 is 3.32. The van der Waals surface area contributed by atoms with Crippen molar-refractivity contribution in [3.63, 3.8) is 0 Å². The van der Waals surface area contributed by atoms with E-state index in [4.69, 9.17) is 5.73 Å². The van der Waals surface area contributed by atoms with Gasteiger partial charge in [-0.15, -0.1) is 0 Å². The third-order valence-electron chi connectivity index (χ3n) is 2.73. The molecule has 2 rings (SSSR count). The maximum atomic E-state index is 11.9. The molecule has 5 nitrogen and oxygen atoms in total. The zero-order valence-electron chi connectivity index (χ0n) is 10.9. The lowest BCUT2D eigenvalue weighted by atomic mass is 10.3. The van der Waals surface area contributed by atoms with Crippen molar-refractivity contribution >= 4 is 33.2 Å². The van der Waals surface area contributed by atoms with Crippen LogP contribution in [0.2, 0.25) is 0 Å². The number of aryl methyl sites for hydroxylation is 1. The molecule has 1 aromatic heterocycles. The first-order valence-electron chi connectivity index (χ1n) is 5.97. The van der Waals surface area contributed by atoms with E-state index < -0.39 is 0 Å². The third-order valence-corrected chi connectivity index (χ3v) is 3.39. The molecule has 0 aliphatic carbocycles. The van der Waals surface area contributed by atoms with Gasteiger partial charge in [-0.3, -0.25) is 9.59 Å². The summed E-state index contributed by atoms with van der Waals surface area (Å²) in [4.78, 5) is 23.6. The summed E-state index contributed by atoms with van der Waals surface area (Å²) in [5, 5.41) is 2.73. The molecular weight excluding hydrogens is 322 g/mol. The van der Waals surface area contributed by atoms with Gasteiger partial charge < -0.3 is 15.6 Å². The van der Waals surface area contributed by atoms with E-state index in [1.807, 2.05) is 6.92 Å². The van der Waals surface area contributed by atoms with E-state index >= 15 is 0 Å². The predicted molar refractivity (Wildman–Crippen MR) is 82.6 cm³/mol. The number of nitrogens with one attached hydrogen (secondary N) is 1. The Morgan fingerprint density at radius 1 is 1.35 bits per heavy atom. The lowest BCUT2D eigenvalue weighted by Gasteiger charge is -2.09. The number of halogens is 1. The number of nitrogens with zero attached hydrogens (tertiary/aromatic N) is 1. The summed E-state index contributed by atoms with van der Waals surface area (Å²) < 4.78 is 2.05. The quantitative estimate of drug-likeness (QED) is 0.843. The Hall–Kier alpha value is -2.08. The van der Waals surface area contributed by atoms with Gasteiger partial charge in [0.25, 0.3) is 5.56 Å². The Labute approximate surface area is 124 Å². The van der Waals surface area contributed by atoms with Crippen LogP contribution in [0.15, 0.2) is 45.8 Å². The number of anilines is 2. The molecule has 104 valence electrons. The van der Waals surface area contributed by atoms with Crippen molar-refractivity contribution < 1.29 is 4.79 Å². The SMILES string of the molecule is Cc1ccn(CC(=O)Nc2ccc(N)cc2Br)c(=O)c1. The Morgan fingerprint density at radius 3 is 2.75 bits per heavy atom. The fraction of sp³-hybridized carbons (Fsp3) is 0.143. The molecule has 1 heterocycles. The molecule has 0 spiro atoms. The van der Waals surface area contributed by atoms with Gasteiger partial charge in [0.05, 0.1) is 5.69 Å². The number of amides is 1. The zero-order chi connectivity index (χ0) is 14.7. The number of nitrogen functional groups attached to an aromatic ring is 1. The number of hydrogen-bond acceptors (Lipinski definition) is 3. The number of pyridine rings is 1. The number of hydrogen-bond donors (Lipinski definition) is 2. The molecule has 2 aromatic rings. The van der Waals surface area contributed by atoms with Gasteiger partial charge in [-0.25, -0.2) is 0 Å². The van der Waals surface area contributed by atoms with E-state index in [1.54, 1.807) is 30.5 Å². The normalized spacial score (nSPS) is 10.3. The van der Waals surface area contributed by atoms with Gasteiger partial charge in [0.2, 0.25) is 5.91 Å². The van der Waals surface area contributed by atoms with Gasteiger partial charge in [-0.2, -0.15) is 0 Å². The average molecular weight is 336 g/mol. The molecule has 1 aromatic carbocycles. The Kier molecular flexibility index (Phi) is 4.24. The fourth-order valence-electron chi connectivity index (χ4n) is 1.71. The third kappa shape index (κ3) is 3.48. The molecule has 6 heteroatoms. The standard InChI is InChI=1S/C14H14BrN3O2/c1-9-4-5-18(14(20)6-9)8-13(19)17-12-3-2-10(16)7-11(12)15/h2-7H,8,16H2,1H3,(H,17,19). The minimum Gasteiger partial charge on any atom is -0.399 e. The van der Waals surface area contributed by atoms with Crippen molar-refractivity contribution in [2.45, 2.75) is 13.5 Å². The predicted octanol–water partition coefficient (Wildman–Crippen LogP) is 2.14. The van der Waals surface area contributed by atoms with Crippen LogP contribution in [0.25, 0.3) is 0 Å². The van der Waals surface area contributed by atoms with Gasteiger partial charge in [-0.05, 0) is 52.7 Å². The highest BCUT2D eigenvalue weighted by Crippen LogP contribution is 2.24. The molecule has 0 atom stereocenters. The molecule has 3 N–H and O–H groups in total. The second kappa shape index (κ2) is 5.92. The molecule has 0 aliphatic heterocycles. The van der Waals surface area contributed by atoms with Gasteiger partial charge in [-0.1, -0.05) is 0 Å². The molecule has 0 saturated heterocycles. The highest BCUT2D eigenvalue weighted by Gasteiger charge is 2.07. The van der Waals surface area contributed by atoms with Crippen LogP contribution >= 0.6 is 15.9 Å². The smallest absolute Gasteiger partial charge is 0.251 e. The van der Waals surface area contributed by atoms with E-state index in [-0.39, 0.29) is 18.0 Å². The van der Waals surface area contributed by atoms with E-state index in [9.17, 15) is 9.59 Å². The first-order valence-corrected chi connectivity index (χ1v) is 6.77. The summed E-state index contributed by atoms with van der Waals surface area (Å²) in [6, 6.07) is 8.38. The van der Waals surface area contributed by atoms with E-state index in [1.165, 1.54) is 10.6 Å². The molecule has 0 bridgehead atoms. The van der Waals surface area contributed by atoms with Gasteiger partial charge >= 0.3 is 0 Å². The number of nitrogens with two attached hydrogens (primary N) is 1. The fourth-order valence-corrected chi connectivity index (χ4v) is 2.21. The van der Waals surface area contributed by atoms with Crippen LogP contribution in [0.3, 0.4) is 0 Å². The summed E-state index contributed by atoms with van der Waals surface area (Å²) in [7, 11) is 0. The van der Waals surface area contributed by atoms with Gasteiger partial charge in [0.15, 0.2) is 0 Å². The second-order valence-corrected chi connectivity index (χ2v) is 5.31. The molecule has 0 unspecified atom stereocenters. The molecule has 0 radical (unpaired) electrons. The van der Waals surface area contributed by atoms with Crippen LogP contribution < -0.4 is 16.6 Å². The van der Waals surface area contributed by atoms with Gasteiger partial charge in [0.1, 0.15) is 6.54 Å². The van der Waals surface area contributed by atoms with Gasteiger partial charge in [0, 0.05) is 22.4 Å². The maximum absolute atomic E-state index is 11.9. The van der Waals surface area contributed by atoms with Crippen LogP contribution in [0.4, 0.5) is 11.4 Å². The monoisotopic (exact) mass is 335 g/mol. The van der Waals surface area contributed by atoms with E-state index in [0.29, 0.717) is 15.8 Å². The van der Waals surface area contributed by atoms with Crippen molar-refractivity contribution in [2.24, 2.45) is 0 Å². The molecule has 0 aliphatic rings. The van der Waals surface area contributed by atoms with E-state index in [2.05, 4.69) is 21.2 Å². The highest BCUT2D eigenvalue weighted by atomic mass is 79.9. The molecule has 20 heavy (non-hydrogen) atoms. The van der Waals surface area contributed by atoms with Crippen molar-refractivity contribution in [1.29, 1.82) is 0 Å². The summed E-state index contributed by atoms with van der Waals surface area (Å²) in [5.41, 5.74) is 7.52. The topological polar surface area (TPSA) is 77.1 Å². The Morgan fingerprint density at radius 2 is 2.10 bits per heavy atom. The molecule has 1 amide bonds. The van der Waals surface area contributed by atoms with Crippen LogP contribution in [0.1, 0.15) is 5.56 Å². The van der Waals surface area contributed by atoms with Crippen molar-refractivity contribution in [1.82, 2.24) is 4.57 Å². The van der Waals surface area contributed by atoms with Crippen LogP contribution in [-0.4, -0.2) is 10.5 Å². The number of benzene rings is 1. The van der Waals surface area contributed by atoms with Crippen molar-refractivity contribution in [2.75, 3.05) is 11.1 Å². The van der Waals surface area contributed by atoms with E-state index in [0.717, 1.165) is 5.56 Å². The zero-order valence-corrected chi connectivity index (χ0v) is 12.5. The summed E-state index contributed by atoms with van der Waals surface area (Å²) in [6.45, 7) is 1.80. The highest BCUT2D eigenvalue weighted by molar-refractivity contribution is 9.10. The maximum Gasteiger partial charge on any atom is 0.251 e. The lowest BCUT2D eigenvalue weighted by Crippen LogP contribution is -2.27. The van der Waals surface area contributed by atoms with Crippen molar-refractivity contribution in [3.8, 4) is 0 Å². The summed E-state index contributed by atoms with van der Waals surface area (Å²) in [6.07, 6.45) is 1.61. The molecule has 0 fully saturated rings. The Bertz CT molecular complexity index is 710. The largest absolute Gasteiger partial charge is 0.399 e.